The number of hydrogen-bond donors (Lipinski definition) is 1. The van der Waals surface area contributed by atoms with Crippen LogP contribution in [0.25, 0.3) is 0 Å². The van der Waals surface area contributed by atoms with Crippen LogP contribution in [0, 0.1) is 6.92 Å². The van der Waals surface area contributed by atoms with Gasteiger partial charge in [0.15, 0.2) is 0 Å². The average molecular weight is 213 g/mol. The van der Waals surface area contributed by atoms with E-state index in [0.29, 0.717) is 25.4 Å². The van der Waals surface area contributed by atoms with Crippen LogP contribution in [0.15, 0.2) is 10.4 Å². The van der Waals surface area contributed by atoms with Crippen LogP contribution in [0.1, 0.15) is 10.7 Å². The maximum absolute atomic E-state index is 5.72. The zero-order chi connectivity index (χ0) is 10.4. The van der Waals surface area contributed by atoms with Crippen molar-refractivity contribution in [3.63, 3.8) is 0 Å². The quantitative estimate of drug-likeness (QED) is 0.451. The lowest BCUT2D eigenvalue weighted by atomic mass is 10.4. The molecule has 1 rings (SSSR count). The van der Waals surface area contributed by atoms with E-state index < -0.39 is 0 Å². The number of aryl methyl sites for hydroxylation is 1. The van der Waals surface area contributed by atoms with E-state index in [1.807, 2.05) is 12.3 Å². The molecule has 1 heterocycles. The molecule has 0 spiro atoms. The molecule has 0 unspecified atom stereocenters. The molecule has 0 radical (unpaired) electrons. The monoisotopic (exact) mass is 213 g/mol. The van der Waals surface area contributed by atoms with Crippen LogP contribution in [0.2, 0.25) is 0 Å². The van der Waals surface area contributed by atoms with E-state index in [-0.39, 0.29) is 0 Å². The lowest BCUT2D eigenvalue weighted by Gasteiger charge is -1.97. The minimum absolute atomic E-state index is 0.609. The highest BCUT2D eigenvalue weighted by Crippen LogP contribution is 2.08. The van der Waals surface area contributed by atoms with Gasteiger partial charge in [0.1, 0.15) is 10.8 Å². The minimum atomic E-state index is 0.609. The summed E-state index contributed by atoms with van der Waals surface area (Å²) in [5, 5.41) is 3.03. The molecule has 0 atom stereocenters. The molecule has 0 aromatic carbocycles. The third-order valence-corrected chi connectivity index (χ3v) is 2.58. The molecule has 0 aliphatic carbocycles. The average Bonchev–Trinajstić information content (AvgIpc) is 2.52. The van der Waals surface area contributed by atoms with Crippen molar-refractivity contribution in [3.8, 4) is 0 Å². The van der Waals surface area contributed by atoms with Gasteiger partial charge in [-0.15, -0.1) is 11.3 Å². The molecule has 4 nitrogen and oxygen atoms in total. The van der Waals surface area contributed by atoms with E-state index in [1.54, 1.807) is 18.4 Å². The summed E-state index contributed by atoms with van der Waals surface area (Å²) in [6.07, 6.45) is 0.641. The lowest BCUT2D eigenvalue weighted by Crippen LogP contribution is -2.16. The summed E-state index contributed by atoms with van der Waals surface area (Å²) in [5.74, 6) is 0.622. The molecule has 5 heteroatoms. The SMILES string of the molecule is COCCN=C(N)Cc1nc(C)cs1. The van der Waals surface area contributed by atoms with Crippen molar-refractivity contribution in [2.24, 2.45) is 10.7 Å². The summed E-state index contributed by atoms with van der Waals surface area (Å²) in [4.78, 5) is 8.46. The van der Waals surface area contributed by atoms with Gasteiger partial charge in [-0.25, -0.2) is 4.98 Å². The van der Waals surface area contributed by atoms with Gasteiger partial charge in [0, 0.05) is 18.2 Å². The van der Waals surface area contributed by atoms with Crippen LogP contribution >= 0.6 is 11.3 Å². The number of aromatic nitrogens is 1. The van der Waals surface area contributed by atoms with Gasteiger partial charge in [0.05, 0.1) is 19.6 Å². The topological polar surface area (TPSA) is 60.5 Å². The van der Waals surface area contributed by atoms with E-state index in [4.69, 9.17) is 10.5 Å². The zero-order valence-electron chi connectivity index (χ0n) is 8.49. The predicted octanol–water partition coefficient (Wildman–Crippen LogP) is 0.998. The summed E-state index contributed by atoms with van der Waals surface area (Å²) < 4.78 is 4.87. The van der Waals surface area contributed by atoms with Crippen molar-refractivity contribution >= 4 is 17.2 Å². The number of methoxy groups -OCH3 is 1. The van der Waals surface area contributed by atoms with E-state index in [1.165, 1.54) is 0 Å². The molecule has 0 amide bonds. The van der Waals surface area contributed by atoms with Crippen LogP contribution in [-0.2, 0) is 11.2 Å². The molecule has 0 saturated heterocycles. The largest absolute Gasteiger partial charge is 0.387 e. The Morgan fingerprint density at radius 1 is 1.71 bits per heavy atom. The maximum atomic E-state index is 5.72. The van der Waals surface area contributed by atoms with Gasteiger partial charge in [-0.1, -0.05) is 0 Å². The summed E-state index contributed by atoms with van der Waals surface area (Å²) in [6, 6.07) is 0. The Bertz CT molecular complexity index is 309. The molecular weight excluding hydrogens is 198 g/mol. The minimum Gasteiger partial charge on any atom is -0.387 e. The molecule has 2 N–H and O–H groups in total. The predicted molar refractivity (Wildman–Crippen MR) is 58.9 cm³/mol. The molecule has 1 aromatic heterocycles. The molecule has 0 fully saturated rings. The Morgan fingerprint density at radius 2 is 2.50 bits per heavy atom. The first-order chi connectivity index (χ1) is 6.72. The zero-order valence-corrected chi connectivity index (χ0v) is 9.30. The van der Waals surface area contributed by atoms with Gasteiger partial charge in [0.25, 0.3) is 0 Å². The molecule has 0 aliphatic heterocycles. The van der Waals surface area contributed by atoms with Crippen LogP contribution in [0.5, 0.6) is 0 Å². The Labute approximate surface area is 87.8 Å². The van der Waals surface area contributed by atoms with E-state index in [0.717, 1.165) is 10.7 Å². The lowest BCUT2D eigenvalue weighted by molar-refractivity contribution is 0.208. The standard InChI is InChI=1S/C9H15N3OS/c1-7-6-14-9(12-7)5-8(10)11-3-4-13-2/h6H,3-5H2,1-2H3,(H2,10,11). The van der Waals surface area contributed by atoms with Gasteiger partial charge in [0.2, 0.25) is 0 Å². The first-order valence-corrected chi connectivity index (χ1v) is 5.29. The number of aliphatic imine (C=N–C) groups is 1. The molecule has 0 aliphatic rings. The highest BCUT2D eigenvalue weighted by molar-refractivity contribution is 7.09. The van der Waals surface area contributed by atoms with Gasteiger partial charge in [-0.05, 0) is 6.92 Å². The highest BCUT2D eigenvalue weighted by atomic mass is 32.1. The molecule has 14 heavy (non-hydrogen) atoms. The first-order valence-electron chi connectivity index (χ1n) is 4.41. The van der Waals surface area contributed by atoms with Gasteiger partial charge >= 0.3 is 0 Å². The summed E-state index contributed by atoms with van der Waals surface area (Å²) in [7, 11) is 1.65. The Kier molecular flexibility index (Phi) is 4.55. The Balaban J connectivity index is 2.40. The van der Waals surface area contributed by atoms with Crippen molar-refractivity contribution in [1.29, 1.82) is 0 Å². The number of rotatable bonds is 5. The smallest absolute Gasteiger partial charge is 0.101 e. The molecule has 78 valence electrons. The van der Waals surface area contributed by atoms with E-state index in [9.17, 15) is 0 Å². The second-order valence-corrected chi connectivity index (χ2v) is 3.87. The number of thiazole rings is 1. The number of hydrogen-bond acceptors (Lipinski definition) is 4. The van der Waals surface area contributed by atoms with Crippen LogP contribution in [0.3, 0.4) is 0 Å². The molecule has 0 bridgehead atoms. The van der Waals surface area contributed by atoms with Crippen molar-refractivity contribution in [2.75, 3.05) is 20.3 Å². The fourth-order valence-corrected chi connectivity index (χ4v) is 1.76. The van der Waals surface area contributed by atoms with Crippen LogP contribution < -0.4 is 5.73 Å². The third kappa shape index (κ3) is 3.85. The summed E-state index contributed by atoms with van der Waals surface area (Å²) in [5.41, 5.74) is 6.75. The van der Waals surface area contributed by atoms with Crippen molar-refractivity contribution in [2.45, 2.75) is 13.3 Å². The number of amidine groups is 1. The first kappa shape index (κ1) is 11.1. The molecule has 0 saturated carbocycles. The Morgan fingerprint density at radius 3 is 3.07 bits per heavy atom. The second-order valence-electron chi connectivity index (χ2n) is 2.93. The van der Waals surface area contributed by atoms with E-state index in [2.05, 4.69) is 9.98 Å². The van der Waals surface area contributed by atoms with Gasteiger partial charge in [-0.3, -0.25) is 4.99 Å². The molecule has 1 aromatic rings. The number of nitrogens with zero attached hydrogens (tertiary/aromatic N) is 2. The summed E-state index contributed by atoms with van der Waals surface area (Å²) >= 11 is 1.61. The number of nitrogens with two attached hydrogens (primary N) is 1. The van der Waals surface area contributed by atoms with E-state index >= 15 is 0 Å². The van der Waals surface area contributed by atoms with Crippen LogP contribution in [0.4, 0.5) is 0 Å². The molecular formula is C9H15N3OS. The fraction of sp³-hybridized carbons (Fsp3) is 0.556. The van der Waals surface area contributed by atoms with Crippen molar-refractivity contribution in [3.05, 3.63) is 16.1 Å². The van der Waals surface area contributed by atoms with Gasteiger partial charge in [-0.2, -0.15) is 0 Å². The number of ether oxygens (including phenoxy) is 1. The second kappa shape index (κ2) is 5.72. The fourth-order valence-electron chi connectivity index (χ4n) is 0.975. The van der Waals surface area contributed by atoms with Crippen LogP contribution in [-0.4, -0.2) is 31.1 Å². The Hall–Kier alpha value is -0.940. The summed E-state index contributed by atoms with van der Waals surface area (Å²) in [6.45, 7) is 3.20. The van der Waals surface area contributed by atoms with Crippen molar-refractivity contribution < 1.29 is 4.74 Å². The normalized spacial score (nSPS) is 12.0. The van der Waals surface area contributed by atoms with Crippen molar-refractivity contribution in [1.82, 2.24) is 4.98 Å². The highest BCUT2D eigenvalue weighted by Gasteiger charge is 2.00. The van der Waals surface area contributed by atoms with Gasteiger partial charge < -0.3 is 10.5 Å². The third-order valence-electron chi connectivity index (χ3n) is 1.61. The maximum Gasteiger partial charge on any atom is 0.101 e.